The van der Waals surface area contributed by atoms with Crippen LogP contribution in [0.5, 0.6) is 0 Å². The van der Waals surface area contributed by atoms with Crippen molar-refractivity contribution in [2.45, 2.75) is 6.04 Å². The van der Waals surface area contributed by atoms with Crippen molar-refractivity contribution in [3.8, 4) is 0 Å². The molecule has 106 valence electrons. The van der Waals surface area contributed by atoms with E-state index in [-0.39, 0.29) is 11.9 Å². The summed E-state index contributed by atoms with van der Waals surface area (Å²) in [6.07, 6.45) is 0. The van der Waals surface area contributed by atoms with Gasteiger partial charge in [-0.25, -0.2) is 4.39 Å². The summed E-state index contributed by atoms with van der Waals surface area (Å²) in [7, 11) is 1.75. The van der Waals surface area contributed by atoms with Crippen LogP contribution in [0, 0.1) is 5.82 Å². The molecular weight excluding hydrogens is 432 g/mol. The topological polar surface area (TPSA) is 12.0 Å². The molecule has 0 aromatic heterocycles. The molecule has 0 aliphatic heterocycles. The van der Waals surface area contributed by atoms with Crippen LogP contribution in [0.15, 0.2) is 39.3 Å². The quantitative estimate of drug-likeness (QED) is 0.579. The molecule has 1 N–H and O–H groups in total. The van der Waals surface area contributed by atoms with Crippen molar-refractivity contribution in [3.63, 3.8) is 0 Å². The first kappa shape index (κ1) is 16.2. The summed E-state index contributed by atoms with van der Waals surface area (Å²) in [5, 5.41) is 4.08. The van der Waals surface area contributed by atoms with E-state index >= 15 is 0 Å². The third kappa shape index (κ3) is 3.37. The Hall–Kier alpha value is -0.130. The minimum atomic E-state index is -0.374. The van der Waals surface area contributed by atoms with Gasteiger partial charge in [0.15, 0.2) is 0 Å². The highest BCUT2D eigenvalue weighted by atomic mass is 79.9. The summed E-state index contributed by atoms with van der Waals surface area (Å²) < 4.78 is 15.6. The molecule has 0 saturated carbocycles. The molecule has 0 heterocycles. The highest BCUT2D eigenvalue weighted by Gasteiger charge is 2.20. The summed E-state index contributed by atoms with van der Waals surface area (Å²) in [6, 6.07) is 8.07. The molecule has 0 radical (unpaired) electrons. The van der Waals surface area contributed by atoms with Crippen molar-refractivity contribution in [2.75, 3.05) is 7.05 Å². The Labute approximate surface area is 143 Å². The van der Waals surface area contributed by atoms with Crippen LogP contribution in [-0.4, -0.2) is 7.05 Å². The van der Waals surface area contributed by atoms with Crippen LogP contribution in [0.25, 0.3) is 0 Å². The molecule has 0 bridgehead atoms. The van der Waals surface area contributed by atoms with Crippen molar-refractivity contribution in [3.05, 3.63) is 66.3 Å². The molecule has 1 unspecified atom stereocenters. The van der Waals surface area contributed by atoms with Gasteiger partial charge in [0.25, 0.3) is 0 Å². The predicted molar refractivity (Wildman–Crippen MR) is 89.2 cm³/mol. The Balaban J connectivity index is 2.55. The van der Waals surface area contributed by atoms with Gasteiger partial charge >= 0.3 is 0 Å². The lowest BCUT2D eigenvalue weighted by atomic mass is 9.98. The van der Waals surface area contributed by atoms with Gasteiger partial charge in [0.1, 0.15) is 5.82 Å². The van der Waals surface area contributed by atoms with Crippen LogP contribution in [0.1, 0.15) is 17.2 Å². The molecule has 0 saturated heterocycles. The third-order valence-corrected chi connectivity index (χ3v) is 4.93. The zero-order chi connectivity index (χ0) is 14.9. The summed E-state index contributed by atoms with van der Waals surface area (Å²) >= 11 is 18.9. The molecular formula is C14H10Br2Cl2FN. The Morgan fingerprint density at radius 3 is 2.35 bits per heavy atom. The van der Waals surface area contributed by atoms with Crippen molar-refractivity contribution < 1.29 is 4.39 Å². The molecule has 0 spiro atoms. The van der Waals surface area contributed by atoms with E-state index in [0.717, 1.165) is 10.0 Å². The Morgan fingerprint density at radius 2 is 1.75 bits per heavy atom. The average Bonchev–Trinajstić information content (AvgIpc) is 2.38. The Kier molecular flexibility index (Phi) is 5.49. The maximum atomic E-state index is 14.2. The first-order chi connectivity index (χ1) is 9.43. The lowest BCUT2D eigenvalue weighted by Crippen LogP contribution is -2.19. The van der Waals surface area contributed by atoms with Gasteiger partial charge in [0.2, 0.25) is 0 Å². The fraction of sp³-hybridized carbons (Fsp3) is 0.143. The van der Waals surface area contributed by atoms with E-state index in [0.29, 0.717) is 20.1 Å². The molecule has 2 rings (SSSR count). The second-order valence-electron chi connectivity index (χ2n) is 4.18. The van der Waals surface area contributed by atoms with Gasteiger partial charge in [-0.1, -0.05) is 45.2 Å². The number of rotatable bonds is 3. The number of nitrogens with one attached hydrogen (secondary N) is 1. The van der Waals surface area contributed by atoms with Gasteiger partial charge in [-0.3, -0.25) is 0 Å². The second-order valence-corrected chi connectivity index (χ2v) is 6.76. The molecule has 1 atom stereocenters. The van der Waals surface area contributed by atoms with Crippen LogP contribution in [0.4, 0.5) is 4.39 Å². The first-order valence-corrected chi connectivity index (χ1v) is 8.05. The zero-order valence-electron chi connectivity index (χ0n) is 10.4. The number of halogens is 5. The predicted octanol–water partition coefficient (Wildman–Crippen LogP) is 5.97. The molecule has 0 fully saturated rings. The highest BCUT2D eigenvalue weighted by Crippen LogP contribution is 2.34. The molecule has 0 amide bonds. The van der Waals surface area contributed by atoms with E-state index in [2.05, 4.69) is 37.2 Å². The van der Waals surface area contributed by atoms with Gasteiger partial charge in [-0.2, -0.15) is 0 Å². The maximum absolute atomic E-state index is 14.2. The molecule has 0 aliphatic carbocycles. The summed E-state index contributed by atoms with van der Waals surface area (Å²) in [5.41, 5.74) is 1.24. The Morgan fingerprint density at radius 1 is 1.05 bits per heavy atom. The van der Waals surface area contributed by atoms with E-state index < -0.39 is 0 Å². The Bertz CT molecular complexity index is 649. The largest absolute Gasteiger partial charge is 0.309 e. The van der Waals surface area contributed by atoms with Gasteiger partial charge in [-0.05, 0) is 52.8 Å². The third-order valence-electron chi connectivity index (χ3n) is 2.91. The SMILES string of the molecule is CNC(c1cc(Cl)c(Br)cc1F)c1ccc(Br)cc1Cl. The fourth-order valence-corrected chi connectivity index (χ4v) is 3.24. The van der Waals surface area contributed by atoms with Crippen LogP contribution in [0.2, 0.25) is 10.0 Å². The molecule has 6 heteroatoms. The number of benzene rings is 2. The highest BCUT2D eigenvalue weighted by molar-refractivity contribution is 9.10. The standard InChI is InChI=1S/C14H10Br2Cl2FN/c1-20-14(8-3-2-7(15)4-11(8)17)9-5-12(18)10(16)6-13(9)19/h2-6,14,20H,1H3. The normalized spacial score (nSPS) is 12.5. The van der Waals surface area contributed by atoms with E-state index in [9.17, 15) is 4.39 Å². The fourth-order valence-electron chi connectivity index (χ4n) is 1.97. The van der Waals surface area contributed by atoms with Crippen molar-refractivity contribution >= 4 is 55.1 Å². The van der Waals surface area contributed by atoms with Gasteiger partial charge in [0.05, 0.1) is 11.1 Å². The maximum Gasteiger partial charge on any atom is 0.129 e. The zero-order valence-corrected chi connectivity index (χ0v) is 15.0. The van der Waals surface area contributed by atoms with E-state index in [1.54, 1.807) is 19.2 Å². The van der Waals surface area contributed by atoms with Gasteiger partial charge in [0, 0.05) is 19.5 Å². The van der Waals surface area contributed by atoms with Crippen molar-refractivity contribution in [1.82, 2.24) is 5.32 Å². The molecule has 2 aromatic rings. The van der Waals surface area contributed by atoms with Crippen LogP contribution in [0.3, 0.4) is 0 Å². The minimum absolute atomic E-state index is 0.348. The first-order valence-electron chi connectivity index (χ1n) is 5.70. The smallest absolute Gasteiger partial charge is 0.129 e. The van der Waals surface area contributed by atoms with Crippen LogP contribution in [-0.2, 0) is 0 Å². The lowest BCUT2D eigenvalue weighted by molar-refractivity contribution is 0.575. The molecule has 20 heavy (non-hydrogen) atoms. The lowest BCUT2D eigenvalue weighted by Gasteiger charge is -2.20. The van der Waals surface area contributed by atoms with E-state index in [4.69, 9.17) is 23.2 Å². The van der Waals surface area contributed by atoms with E-state index in [1.807, 2.05) is 12.1 Å². The summed E-state index contributed by atoms with van der Waals surface area (Å²) in [4.78, 5) is 0. The summed E-state index contributed by atoms with van der Waals surface area (Å²) in [5.74, 6) is -0.348. The second kappa shape index (κ2) is 6.75. The van der Waals surface area contributed by atoms with Crippen molar-refractivity contribution in [2.24, 2.45) is 0 Å². The average molecular weight is 442 g/mol. The van der Waals surface area contributed by atoms with Gasteiger partial charge in [-0.15, -0.1) is 0 Å². The van der Waals surface area contributed by atoms with Gasteiger partial charge < -0.3 is 5.32 Å². The summed E-state index contributed by atoms with van der Waals surface area (Å²) in [6.45, 7) is 0. The van der Waals surface area contributed by atoms with Crippen molar-refractivity contribution in [1.29, 1.82) is 0 Å². The molecule has 1 nitrogen and oxygen atoms in total. The number of hydrogen-bond donors (Lipinski definition) is 1. The van der Waals surface area contributed by atoms with Crippen LogP contribution >= 0.6 is 55.1 Å². The molecule has 0 aliphatic rings. The monoisotopic (exact) mass is 439 g/mol. The van der Waals surface area contributed by atoms with Crippen LogP contribution < -0.4 is 5.32 Å². The van der Waals surface area contributed by atoms with E-state index in [1.165, 1.54) is 6.07 Å². The molecule has 2 aromatic carbocycles. The number of hydrogen-bond acceptors (Lipinski definition) is 1. The minimum Gasteiger partial charge on any atom is -0.309 e.